The zero-order valence-corrected chi connectivity index (χ0v) is 13.8. The Labute approximate surface area is 137 Å². The molecule has 0 aliphatic heterocycles. The molecule has 0 amide bonds. The van der Waals surface area contributed by atoms with E-state index in [0.717, 1.165) is 6.54 Å². The molecule has 23 heavy (non-hydrogen) atoms. The third-order valence-electron chi connectivity index (χ3n) is 4.47. The van der Waals surface area contributed by atoms with E-state index in [1.807, 2.05) is 6.20 Å². The molecule has 1 fully saturated rings. The highest BCUT2D eigenvalue weighted by atomic mass is 15.0. The average molecular weight is 302 g/mol. The second-order valence-electron chi connectivity index (χ2n) is 6.65. The van der Waals surface area contributed by atoms with Gasteiger partial charge in [0, 0.05) is 18.3 Å². The molecule has 2 aromatic carbocycles. The summed E-state index contributed by atoms with van der Waals surface area (Å²) >= 11 is 0. The number of hydrogen-bond donors (Lipinski definition) is 1. The Bertz CT molecular complexity index is 878. The van der Waals surface area contributed by atoms with Crippen LogP contribution in [0.5, 0.6) is 0 Å². The van der Waals surface area contributed by atoms with Gasteiger partial charge in [0.05, 0.1) is 0 Å². The monoisotopic (exact) mass is 302 g/mol. The lowest BCUT2D eigenvalue weighted by Crippen LogP contribution is -2.12. The van der Waals surface area contributed by atoms with E-state index in [-0.39, 0.29) is 0 Å². The summed E-state index contributed by atoms with van der Waals surface area (Å²) in [6, 6.07) is 17.8. The van der Waals surface area contributed by atoms with Crippen molar-refractivity contribution in [3.05, 3.63) is 77.0 Å². The van der Waals surface area contributed by atoms with E-state index in [4.69, 9.17) is 0 Å². The number of nitrogens with zero attached hydrogens (tertiary/aromatic N) is 1. The average Bonchev–Trinajstić information content (AvgIpc) is 3.25. The third-order valence-corrected chi connectivity index (χ3v) is 4.47. The van der Waals surface area contributed by atoms with Gasteiger partial charge in [-0.05, 0) is 72.8 Å². The van der Waals surface area contributed by atoms with Gasteiger partial charge in [-0.2, -0.15) is 0 Å². The van der Waals surface area contributed by atoms with Crippen LogP contribution >= 0.6 is 0 Å². The Balaban J connectivity index is 1.85. The second kappa shape index (κ2) is 5.71. The van der Waals surface area contributed by atoms with Gasteiger partial charge in [0.2, 0.25) is 0 Å². The van der Waals surface area contributed by atoms with Crippen LogP contribution in [0.1, 0.15) is 29.5 Å². The van der Waals surface area contributed by atoms with Gasteiger partial charge in [-0.3, -0.25) is 0 Å². The molecule has 2 nitrogen and oxygen atoms in total. The van der Waals surface area contributed by atoms with E-state index in [1.165, 1.54) is 46.0 Å². The van der Waals surface area contributed by atoms with Gasteiger partial charge in [0.25, 0.3) is 0 Å². The van der Waals surface area contributed by atoms with Crippen molar-refractivity contribution in [1.82, 2.24) is 9.88 Å². The number of nitrogens with one attached hydrogen (secondary N) is 1. The number of benzene rings is 2. The lowest BCUT2D eigenvalue weighted by Gasteiger charge is -2.17. The highest BCUT2D eigenvalue weighted by Gasteiger charge is 2.22. The summed E-state index contributed by atoms with van der Waals surface area (Å²) in [7, 11) is 4.26. The number of hydrogen-bond acceptors (Lipinski definition) is 1. The number of rotatable bonds is 4. The molecule has 3 aromatic rings. The fraction of sp³-hybridized carbons (Fsp3) is 0.238. The summed E-state index contributed by atoms with van der Waals surface area (Å²) in [6.45, 7) is 0.972. The van der Waals surface area contributed by atoms with Crippen LogP contribution in [-0.2, 0) is 6.54 Å². The van der Waals surface area contributed by atoms with Crippen molar-refractivity contribution >= 4 is 16.5 Å². The van der Waals surface area contributed by atoms with Gasteiger partial charge in [0.1, 0.15) is 0 Å². The fourth-order valence-corrected chi connectivity index (χ4v) is 3.31. The Kier molecular flexibility index (Phi) is 3.55. The van der Waals surface area contributed by atoms with Crippen molar-refractivity contribution in [2.75, 3.05) is 14.1 Å². The van der Waals surface area contributed by atoms with Crippen molar-refractivity contribution < 1.29 is 0 Å². The largest absolute Gasteiger partial charge is 0.361 e. The lowest BCUT2D eigenvalue weighted by atomic mass is 9.92. The zero-order valence-electron chi connectivity index (χ0n) is 13.8. The van der Waals surface area contributed by atoms with Crippen LogP contribution in [0.15, 0.2) is 60.3 Å². The van der Waals surface area contributed by atoms with Crippen LogP contribution in [0, 0.1) is 0 Å². The molecule has 1 saturated carbocycles. The molecule has 0 unspecified atom stereocenters. The van der Waals surface area contributed by atoms with E-state index in [2.05, 4.69) is 72.5 Å². The number of allylic oxidation sites excluding steroid dienone is 1. The van der Waals surface area contributed by atoms with Crippen molar-refractivity contribution in [1.29, 1.82) is 0 Å². The topological polar surface area (TPSA) is 19.0 Å². The van der Waals surface area contributed by atoms with E-state index >= 15 is 0 Å². The summed E-state index contributed by atoms with van der Waals surface area (Å²) in [5.74, 6) is 0. The number of aromatic amines is 1. The molecule has 1 aromatic heterocycles. The van der Waals surface area contributed by atoms with Crippen molar-refractivity contribution in [2.24, 2.45) is 0 Å². The lowest BCUT2D eigenvalue weighted by molar-refractivity contribution is 0.402. The molecule has 4 rings (SSSR count). The highest BCUT2D eigenvalue weighted by molar-refractivity contribution is 5.90. The molecule has 1 heterocycles. The summed E-state index contributed by atoms with van der Waals surface area (Å²) in [5, 5.41) is 1.28. The first kappa shape index (κ1) is 14.3. The Morgan fingerprint density at radius 3 is 2.65 bits per heavy atom. The normalized spacial score (nSPS) is 13.8. The molecule has 0 saturated heterocycles. The third kappa shape index (κ3) is 2.82. The van der Waals surface area contributed by atoms with Crippen LogP contribution in [-0.4, -0.2) is 24.0 Å². The molecule has 0 spiro atoms. The highest BCUT2D eigenvalue weighted by Crippen LogP contribution is 2.41. The standard InChI is InChI=1S/C21H22N2/c1-23(2)14-18-5-3-4-6-19(18)21(15-7-8-15)17-9-10-20-16(13-17)11-12-22-20/h3-6,9-13,22H,7-8,14H2,1-2H3. The van der Waals surface area contributed by atoms with Gasteiger partial charge in [0.15, 0.2) is 0 Å². The zero-order chi connectivity index (χ0) is 15.8. The summed E-state index contributed by atoms with van der Waals surface area (Å²) in [5.41, 5.74) is 8.38. The SMILES string of the molecule is CN(C)Cc1ccccc1C(=C1CC1)c1ccc2[nH]ccc2c1. The minimum Gasteiger partial charge on any atom is -0.361 e. The molecule has 1 aliphatic rings. The van der Waals surface area contributed by atoms with Gasteiger partial charge in [-0.15, -0.1) is 0 Å². The van der Waals surface area contributed by atoms with Gasteiger partial charge >= 0.3 is 0 Å². The molecule has 0 bridgehead atoms. The molecular weight excluding hydrogens is 280 g/mol. The van der Waals surface area contributed by atoms with E-state index < -0.39 is 0 Å². The number of aromatic nitrogens is 1. The Hall–Kier alpha value is -2.32. The molecular formula is C21H22N2. The minimum atomic E-state index is 0.972. The maximum Gasteiger partial charge on any atom is 0.0454 e. The molecule has 116 valence electrons. The maximum atomic E-state index is 3.29. The molecule has 0 radical (unpaired) electrons. The summed E-state index contributed by atoms with van der Waals surface area (Å²) in [4.78, 5) is 5.52. The van der Waals surface area contributed by atoms with Gasteiger partial charge in [-0.1, -0.05) is 35.9 Å². The molecule has 1 N–H and O–H groups in total. The first-order valence-corrected chi connectivity index (χ1v) is 8.25. The van der Waals surface area contributed by atoms with Crippen LogP contribution in [0.25, 0.3) is 16.5 Å². The molecule has 2 heteroatoms. The fourth-order valence-electron chi connectivity index (χ4n) is 3.31. The quantitative estimate of drug-likeness (QED) is 0.731. The number of fused-ring (bicyclic) bond motifs is 1. The first-order chi connectivity index (χ1) is 11.2. The summed E-state index contributed by atoms with van der Waals surface area (Å²) in [6.07, 6.45) is 4.48. The first-order valence-electron chi connectivity index (χ1n) is 8.25. The minimum absolute atomic E-state index is 0.972. The van der Waals surface area contributed by atoms with E-state index in [1.54, 1.807) is 5.57 Å². The number of H-pyrrole nitrogens is 1. The molecule has 0 atom stereocenters. The van der Waals surface area contributed by atoms with Crippen LogP contribution in [0.4, 0.5) is 0 Å². The Morgan fingerprint density at radius 2 is 1.87 bits per heavy atom. The smallest absolute Gasteiger partial charge is 0.0454 e. The summed E-state index contributed by atoms with van der Waals surface area (Å²) < 4.78 is 0. The molecule has 1 aliphatic carbocycles. The van der Waals surface area contributed by atoms with Crippen molar-refractivity contribution in [2.45, 2.75) is 19.4 Å². The van der Waals surface area contributed by atoms with Crippen LogP contribution in [0.2, 0.25) is 0 Å². The van der Waals surface area contributed by atoms with Crippen LogP contribution in [0.3, 0.4) is 0 Å². The predicted octanol–water partition coefficient (Wildman–Crippen LogP) is 4.83. The predicted molar refractivity (Wildman–Crippen MR) is 97.4 cm³/mol. The second-order valence-corrected chi connectivity index (χ2v) is 6.65. The van der Waals surface area contributed by atoms with Gasteiger partial charge < -0.3 is 9.88 Å². The maximum absolute atomic E-state index is 3.29. The van der Waals surface area contributed by atoms with E-state index in [0.29, 0.717) is 0 Å². The van der Waals surface area contributed by atoms with Crippen LogP contribution < -0.4 is 0 Å². The van der Waals surface area contributed by atoms with Gasteiger partial charge in [-0.25, -0.2) is 0 Å². The Morgan fingerprint density at radius 1 is 1.04 bits per heavy atom. The van der Waals surface area contributed by atoms with E-state index in [9.17, 15) is 0 Å². The van der Waals surface area contributed by atoms with Crippen molar-refractivity contribution in [3.8, 4) is 0 Å². The van der Waals surface area contributed by atoms with Crippen molar-refractivity contribution in [3.63, 3.8) is 0 Å².